The Morgan fingerprint density at radius 1 is 0.952 bits per heavy atom. The summed E-state index contributed by atoms with van der Waals surface area (Å²) in [6.07, 6.45) is 0. The van der Waals surface area contributed by atoms with Gasteiger partial charge in [0.15, 0.2) is 0 Å². The van der Waals surface area contributed by atoms with Crippen LogP contribution in [0.15, 0.2) is 5.38 Å². The van der Waals surface area contributed by atoms with E-state index in [9.17, 15) is 0 Å². The Morgan fingerprint density at radius 2 is 1.57 bits per heavy atom. The maximum Gasteiger partial charge on any atom is 0.234 e. The van der Waals surface area contributed by atoms with E-state index in [1.807, 2.05) is 19.5 Å². The van der Waals surface area contributed by atoms with Gasteiger partial charge in [-0.05, 0) is 11.5 Å². The predicted octanol–water partition coefficient (Wildman–Crippen LogP) is 4.65. The minimum atomic E-state index is 0. The first-order chi connectivity index (χ1) is 9.47. The van der Waals surface area contributed by atoms with Crippen LogP contribution in [-0.4, -0.2) is 28.4 Å². The first kappa shape index (κ1) is 19.8. The van der Waals surface area contributed by atoms with Crippen LogP contribution in [0, 0.1) is 0 Å². The quantitative estimate of drug-likeness (QED) is 0.855. The number of nitrogens with zero attached hydrogens (tertiary/aromatic N) is 3. The largest absolute Gasteiger partial charge is 0.372 e. The summed E-state index contributed by atoms with van der Waals surface area (Å²) in [7, 11) is 3.71. The molecule has 21 heavy (non-hydrogen) atoms. The predicted molar refractivity (Wildman–Crippen MR) is 96.0 cm³/mol. The Bertz CT molecular complexity index is 459. The summed E-state index contributed by atoms with van der Waals surface area (Å²) in [6, 6.07) is 0. The molecule has 0 saturated heterocycles. The van der Waals surface area contributed by atoms with Crippen molar-refractivity contribution in [2.24, 2.45) is 0 Å². The van der Waals surface area contributed by atoms with Gasteiger partial charge in [-0.1, -0.05) is 35.1 Å². The minimum Gasteiger partial charge on any atom is -0.372 e. The molecule has 0 aliphatic heterocycles. The second kappa shape index (κ2) is 9.68. The molecule has 2 aromatic heterocycles. The van der Waals surface area contributed by atoms with Gasteiger partial charge in [0.1, 0.15) is 10.8 Å². The Morgan fingerprint density at radius 3 is 1.86 bits per heavy atom. The minimum absolute atomic E-state index is 0. The molecule has 0 saturated carbocycles. The second-order valence-corrected chi connectivity index (χ2v) is 6.51. The molecule has 2 aromatic rings. The third-order valence-electron chi connectivity index (χ3n) is 2.43. The molecule has 7 heteroatoms. The van der Waals surface area contributed by atoms with E-state index in [-0.39, 0.29) is 7.43 Å². The Kier molecular flexibility index (Phi) is 9.12. The molecule has 0 aliphatic rings. The average Bonchev–Trinajstić information content (AvgIpc) is 3.08. The van der Waals surface area contributed by atoms with Crippen molar-refractivity contribution in [1.29, 1.82) is 0 Å². The van der Waals surface area contributed by atoms with Crippen molar-refractivity contribution in [2.45, 2.75) is 47.0 Å². The van der Waals surface area contributed by atoms with Crippen LogP contribution in [0.2, 0.25) is 0 Å². The highest BCUT2D eigenvalue weighted by Gasteiger charge is 2.05. The van der Waals surface area contributed by atoms with Crippen molar-refractivity contribution in [2.75, 3.05) is 24.7 Å². The molecule has 120 valence electrons. The molecule has 0 bridgehead atoms. The zero-order valence-electron chi connectivity index (χ0n) is 12.9. The first-order valence-electron chi connectivity index (χ1n) is 6.62. The molecule has 0 atom stereocenters. The van der Waals surface area contributed by atoms with Crippen molar-refractivity contribution >= 4 is 34.6 Å². The topological polar surface area (TPSA) is 62.7 Å². The highest BCUT2D eigenvalue weighted by molar-refractivity contribution is 7.10. The van der Waals surface area contributed by atoms with E-state index in [1.165, 1.54) is 16.5 Å². The van der Waals surface area contributed by atoms with Gasteiger partial charge in [-0.25, -0.2) is 9.97 Å². The maximum absolute atomic E-state index is 4.34. The lowest BCUT2D eigenvalue weighted by Crippen LogP contribution is -1.90. The zero-order chi connectivity index (χ0) is 15.1. The summed E-state index contributed by atoms with van der Waals surface area (Å²) >= 11 is 3.17. The number of hydrogen-bond donors (Lipinski definition) is 2. The monoisotopic (exact) mass is 329 g/mol. The lowest BCUT2D eigenvalue weighted by Gasteiger charge is -1.95. The summed E-state index contributed by atoms with van der Waals surface area (Å²) in [5.41, 5.74) is 0. The third kappa shape index (κ3) is 6.39. The number of thiazole rings is 1. The van der Waals surface area contributed by atoms with Crippen molar-refractivity contribution in [3.8, 4) is 0 Å². The van der Waals surface area contributed by atoms with E-state index in [1.54, 1.807) is 11.3 Å². The molecule has 0 unspecified atom stereocenters. The summed E-state index contributed by atoms with van der Waals surface area (Å²) in [5.74, 6) is 2.74. The van der Waals surface area contributed by atoms with Crippen LogP contribution in [0.4, 0.5) is 11.8 Å². The molecular formula is C14H27N5S2. The SMILES string of the molecule is C.CNc1csc(C(C)C)n1.CNc1nsc(C(C)C)n1. The molecular weight excluding hydrogens is 302 g/mol. The van der Waals surface area contributed by atoms with Crippen LogP contribution >= 0.6 is 22.9 Å². The highest BCUT2D eigenvalue weighted by Crippen LogP contribution is 2.21. The molecule has 0 fully saturated rings. The van der Waals surface area contributed by atoms with Crippen molar-refractivity contribution in [3.63, 3.8) is 0 Å². The highest BCUT2D eigenvalue weighted by atomic mass is 32.1. The maximum atomic E-state index is 4.34. The fourth-order valence-electron chi connectivity index (χ4n) is 1.24. The molecule has 2 N–H and O–H groups in total. The van der Waals surface area contributed by atoms with Crippen LogP contribution < -0.4 is 10.6 Å². The van der Waals surface area contributed by atoms with E-state index in [0.29, 0.717) is 11.8 Å². The Labute approximate surface area is 136 Å². The molecule has 2 heterocycles. The summed E-state index contributed by atoms with van der Waals surface area (Å²) < 4.78 is 4.08. The van der Waals surface area contributed by atoms with Gasteiger partial charge in [-0.2, -0.15) is 4.37 Å². The van der Waals surface area contributed by atoms with Gasteiger partial charge in [0.05, 0.1) is 5.01 Å². The molecule has 0 aliphatic carbocycles. The average molecular weight is 330 g/mol. The third-order valence-corrected chi connectivity index (χ3v) is 4.59. The second-order valence-electron chi connectivity index (χ2n) is 4.84. The molecule has 0 spiro atoms. The van der Waals surface area contributed by atoms with E-state index >= 15 is 0 Å². The standard InChI is InChI=1S/C7H12N2S.C6H11N3S.CH4/c1-5(2)7-9-6(8-3)4-10-7;1-4(2)5-8-6(7-3)9-10-5;/h4-5,8H,1-3H3;4H,1-3H3,(H,7,9);1H4. The zero-order valence-corrected chi connectivity index (χ0v) is 14.5. The van der Waals surface area contributed by atoms with Gasteiger partial charge in [0.2, 0.25) is 5.95 Å². The summed E-state index contributed by atoms with van der Waals surface area (Å²) in [5, 5.41) is 10.2. The summed E-state index contributed by atoms with van der Waals surface area (Å²) in [6.45, 7) is 8.52. The summed E-state index contributed by atoms with van der Waals surface area (Å²) in [4.78, 5) is 8.56. The van der Waals surface area contributed by atoms with Crippen molar-refractivity contribution in [3.05, 3.63) is 15.4 Å². The van der Waals surface area contributed by atoms with Gasteiger partial charge in [-0.3, -0.25) is 0 Å². The van der Waals surface area contributed by atoms with Gasteiger partial charge >= 0.3 is 0 Å². The van der Waals surface area contributed by atoms with Gasteiger partial charge < -0.3 is 10.6 Å². The number of rotatable bonds is 4. The molecule has 0 amide bonds. The number of aromatic nitrogens is 3. The van der Waals surface area contributed by atoms with Gasteiger partial charge in [0, 0.05) is 31.3 Å². The van der Waals surface area contributed by atoms with Crippen molar-refractivity contribution in [1.82, 2.24) is 14.3 Å². The van der Waals surface area contributed by atoms with Gasteiger partial charge in [-0.15, -0.1) is 11.3 Å². The van der Waals surface area contributed by atoms with Crippen molar-refractivity contribution < 1.29 is 0 Å². The fraction of sp³-hybridized carbons (Fsp3) is 0.643. The van der Waals surface area contributed by atoms with Crippen LogP contribution in [0.1, 0.15) is 57.0 Å². The van der Waals surface area contributed by atoms with E-state index in [4.69, 9.17) is 0 Å². The number of hydrogen-bond acceptors (Lipinski definition) is 7. The van der Waals surface area contributed by atoms with E-state index < -0.39 is 0 Å². The lowest BCUT2D eigenvalue weighted by atomic mass is 10.2. The molecule has 0 radical (unpaired) electrons. The lowest BCUT2D eigenvalue weighted by molar-refractivity contribution is 0.853. The number of anilines is 2. The Balaban J connectivity index is 0.000000364. The van der Waals surface area contributed by atoms with Gasteiger partial charge in [0.25, 0.3) is 0 Å². The van der Waals surface area contributed by atoms with Crippen LogP contribution in [0.5, 0.6) is 0 Å². The van der Waals surface area contributed by atoms with E-state index in [0.717, 1.165) is 16.8 Å². The normalized spacial score (nSPS) is 9.90. The molecule has 5 nitrogen and oxygen atoms in total. The molecule has 0 aromatic carbocycles. The first-order valence-corrected chi connectivity index (χ1v) is 8.27. The smallest absolute Gasteiger partial charge is 0.234 e. The van der Waals surface area contributed by atoms with Crippen LogP contribution in [-0.2, 0) is 0 Å². The Hall–Kier alpha value is -1.21. The van der Waals surface area contributed by atoms with Crippen LogP contribution in [0.25, 0.3) is 0 Å². The van der Waals surface area contributed by atoms with Crippen LogP contribution in [0.3, 0.4) is 0 Å². The fourth-order valence-corrected chi connectivity index (χ4v) is 2.72. The molecule has 2 rings (SSSR count). The van der Waals surface area contributed by atoms with E-state index in [2.05, 4.69) is 52.7 Å². The number of nitrogens with one attached hydrogen (secondary N) is 2.